The Morgan fingerprint density at radius 2 is 2.08 bits per heavy atom. The quantitative estimate of drug-likeness (QED) is 0.520. The first-order valence-corrected chi connectivity index (χ1v) is 3.41. The van der Waals surface area contributed by atoms with E-state index in [1.54, 1.807) is 12.1 Å². The molecular formula is C7H7N3O3. The van der Waals surface area contributed by atoms with Crippen molar-refractivity contribution in [2.45, 2.75) is 0 Å². The van der Waals surface area contributed by atoms with Crippen LogP contribution in [0.2, 0.25) is 0 Å². The molecule has 0 saturated heterocycles. The van der Waals surface area contributed by atoms with Crippen molar-refractivity contribution in [3.8, 4) is 0 Å². The van der Waals surface area contributed by atoms with Crippen LogP contribution in [0.25, 0.3) is 0 Å². The van der Waals surface area contributed by atoms with E-state index in [4.69, 9.17) is 5.73 Å². The molecule has 0 aromatic heterocycles. The van der Waals surface area contributed by atoms with Crippen molar-refractivity contribution in [3.63, 3.8) is 0 Å². The molecule has 0 unspecified atom stereocenters. The maximum absolute atomic E-state index is 10.8. The maximum Gasteiger partial charge on any atom is 0.251 e. The van der Waals surface area contributed by atoms with Crippen LogP contribution >= 0.6 is 0 Å². The van der Waals surface area contributed by atoms with E-state index in [1.165, 1.54) is 12.1 Å². The van der Waals surface area contributed by atoms with Crippen molar-refractivity contribution >= 4 is 11.6 Å². The van der Waals surface area contributed by atoms with Crippen LogP contribution in [-0.2, 0) is 0 Å². The van der Waals surface area contributed by atoms with Gasteiger partial charge >= 0.3 is 0 Å². The van der Waals surface area contributed by atoms with E-state index in [2.05, 4.69) is 0 Å². The third-order valence-electron chi connectivity index (χ3n) is 1.40. The van der Waals surface area contributed by atoms with E-state index in [1.807, 2.05) is 5.43 Å². The summed E-state index contributed by atoms with van der Waals surface area (Å²) in [6.45, 7) is 0. The van der Waals surface area contributed by atoms with Gasteiger partial charge in [0.05, 0.1) is 5.56 Å². The number of rotatable bonds is 3. The third-order valence-corrected chi connectivity index (χ3v) is 1.40. The number of carbonyl (C=O) groups is 1. The second-order valence-corrected chi connectivity index (χ2v) is 2.28. The minimum absolute atomic E-state index is 0.0965. The van der Waals surface area contributed by atoms with Crippen LogP contribution in [0.3, 0.4) is 0 Å². The zero-order chi connectivity index (χ0) is 9.84. The van der Waals surface area contributed by atoms with Crippen LogP contribution in [-0.4, -0.2) is 10.9 Å². The van der Waals surface area contributed by atoms with Gasteiger partial charge in [-0.3, -0.25) is 4.79 Å². The van der Waals surface area contributed by atoms with Crippen molar-refractivity contribution in [1.29, 1.82) is 0 Å². The number of nitrogens with zero attached hydrogens (tertiary/aromatic N) is 1. The van der Waals surface area contributed by atoms with Crippen molar-refractivity contribution < 1.29 is 9.83 Å². The molecule has 1 aromatic rings. The number of anilines is 1. The molecule has 0 aliphatic heterocycles. The van der Waals surface area contributed by atoms with Gasteiger partial charge in [-0.15, -0.1) is 5.43 Å². The second-order valence-electron chi connectivity index (χ2n) is 2.28. The summed E-state index contributed by atoms with van der Waals surface area (Å²) < 4.78 is 0. The zero-order valence-corrected chi connectivity index (χ0v) is 6.56. The van der Waals surface area contributed by atoms with E-state index < -0.39 is 10.9 Å². The van der Waals surface area contributed by atoms with Gasteiger partial charge in [0.25, 0.3) is 5.91 Å². The van der Waals surface area contributed by atoms with Crippen LogP contribution in [0.15, 0.2) is 24.3 Å². The number of primary amides is 1. The first-order chi connectivity index (χ1) is 6.11. The highest BCUT2D eigenvalue weighted by molar-refractivity contribution is 5.98. The number of para-hydroxylation sites is 1. The SMILES string of the molecule is NC(=O)c1ccccc1N[N+](=O)[O-]. The number of hydrazine groups is 1. The van der Waals surface area contributed by atoms with E-state index in [0.717, 1.165) is 0 Å². The fourth-order valence-electron chi connectivity index (χ4n) is 0.894. The molecule has 1 rings (SSSR count). The molecule has 0 aliphatic rings. The molecule has 3 N–H and O–H groups in total. The summed E-state index contributed by atoms with van der Waals surface area (Å²) in [7, 11) is 0. The van der Waals surface area contributed by atoms with E-state index >= 15 is 0 Å². The molecule has 0 bridgehead atoms. The Balaban J connectivity index is 3.04. The van der Waals surface area contributed by atoms with Gasteiger partial charge in [-0.05, 0) is 12.1 Å². The molecule has 6 heteroatoms. The summed E-state index contributed by atoms with van der Waals surface area (Å²) in [6.07, 6.45) is 0. The zero-order valence-electron chi connectivity index (χ0n) is 6.56. The molecule has 68 valence electrons. The monoisotopic (exact) mass is 181 g/mol. The smallest absolute Gasteiger partial charge is 0.251 e. The van der Waals surface area contributed by atoms with Gasteiger partial charge < -0.3 is 5.73 Å². The molecule has 1 amide bonds. The van der Waals surface area contributed by atoms with Crippen molar-refractivity contribution in [2.75, 3.05) is 5.43 Å². The summed E-state index contributed by atoms with van der Waals surface area (Å²) in [5.41, 5.74) is 7.06. The van der Waals surface area contributed by atoms with Crippen molar-refractivity contribution in [3.05, 3.63) is 39.9 Å². The standard InChI is InChI=1S/C7H7N3O3/c8-7(11)5-3-1-2-4-6(5)9-10(12)13/h1-4,9H,(H2,8,11). The largest absolute Gasteiger partial charge is 0.366 e. The van der Waals surface area contributed by atoms with Crippen LogP contribution in [0.1, 0.15) is 10.4 Å². The highest BCUT2D eigenvalue weighted by atomic mass is 16.7. The normalized spacial score (nSPS) is 9.23. The van der Waals surface area contributed by atoms with Crippen molar-refractivity contribution in [1.82, 2.24) is 0 Å². The number of hydrogen-bond donors (Lipinski definition) is 2. The maximum atomic E-state index is 10.8. The molecule has 0 atom stereocenters. The third kappa shape index (κ3) is 2.16. The highest BCUT2D eigenvalue weighted by Crippen LogP contribution is 2.13. The lowest BCUT2D eigenvalue weighted by molar-refractivity contribution is -0.445. The first kappa shape index (κ1) is 8.98. The Hall–Kier alpha value is -2.11. The number of amides is 1. The Labute approximate surface area is 73.5 Å². The van der Waals surface area contributed by atoms with Gasteiger partial charge in [0.2, 0.25) is 0 Å². The van der Waals surface area contributed by atoms with Crippen LogP contribution in [0.4, 0.5) is 5.69 Å². The van der Waals surface area contributed by atoms with Gasteiger partial charge in [-0.25, -0.2) is 10.1 Å². The molecular weight excluding hydrogens is 174 g/mol. The number of nitrogens with one attached hydrogen (secondary N) is 1. The molecule has 13 heavy (non-hydrogen) atoms. The predicted octanol–water partition coefficient (Wildman–Crippen LogP) is 0.389. The summed E-state index contributed by atoms with van der Waals surface area (Å²) in [5, 5.41) is 9.34. The Kier molecular flexibility index (Phi) is 2.44. The molecule has 0 heterocycles. The fraction of sp³-hybridized carbons (Fsp3) is 0. The first-order valence-electron chi connectivity index (χ1n) is 3.41. The summed E-state index contributed by atoms with van der Waals surface area (Å²) in [5.74, 6) is -0.704. The van der Waals surface area contributed by atoms with Gasteiger partial charge in [0, 0.05) is 0 Å². The van der Waals surface area contributed by atoms with Crippen LogP contribution in [0, 0.1) is 10.1 Å². The summed E-state index contributed by atoms with van der Waals surface area (Å²) >= 11 is 0. The molecule has 6 nitrogen and oxygen atoms in total. The number of benzene rings is 1. The minimum Gasteiger partial charge on any atom is -0.366 e. The summed E-state index contributed by atoms with van der Waals surface area (Å²) in [4.78, 5) is 20.8. The topological polar surface area (TPSA) is 98.3 Å². The molecule has 0 aliphatic carbocycles. The average molecular weight is 181 g/mol. The number of nitrogens with two attached hydrogens (primary N) is 1. The van der Waals surface area contributed by atoms with E-state index in [0.29, 0.717) is 0 Å². The Bertz CT molecular complexity index is 351. The molecule has 0 radical (unpaired) electrons. The Morgan fingerprint density at radius 1 is 1.46 bits per heavy atom. The van der Waals surface area contributed by atoms with Gasteiger partial charge in [0.15, 0.2) is 5.03 Å². The lowest BCUT2D eigenvalue weighted by atomic mass is 10.2. The fourth-order valence-corrected chi connectivity index (χ4v) is 0.894. The lowest BCUT2D eigenvalue weighted by Gasteiger charge is -2.01. The van der Waals surface area contributed by atoms with E-state index in [-0.39, 0.29) is 11.3 Å². The van der Waals surface area contributed by atoms with E-state index in [9.17, 15) is 14.9 Å². The summed E-state index contributed by atoms with van der Waals surface area (Å²) in [6, 6.07) is 5.96. The van der Waals surface area contributed by atoms with Crippen LogP contribution < -0.4 is 11.2 Å². The molecule has 1 aromatic carbocycles. The molecule has 0 saturated carbocycles. The number of carbonyl (C=O) groups excluding carboxylic acids is 1. The van der Waals surface area contributed by atoms with Gasteiger partial charge in [0.1, 0.15) is 5.69 Å². The average Bonchev–Trinajstić information content (AvgIpc) is 2.03. The van der Waals surface area contributed by atoms with Crippen molar-refractivity contribution in [2.24, 2.45) is 5.73 Å². The van der Waals surface area contributed by atoms with Crippen LogP contribution in [0.5, 0.6) is 0 Å². The number of nitro groups is 1. The minimum atomic E-state index is -0.748. The number of hydrogen-bond acceptors (Lipinski definition) is 3. The van der Waals surface area contributed by atoms with Gasteiger partial charge in [-0.1, -0.05) is 12.1 Å². The lowest BCUT2D eigenvalue weighted by Crippen LogP contribution is -2.16. The molecule has 0 fully saturated rings. The Morgan fingerprint density at radius 3 is 2.62 bits per heavy atom. The van der Waals surface area contributed by atoms with Gasteiger partial charge in [-0.2, -0.15) is 0 Å². The highest BCUT2D eigenvalue weighted by Gasteiger charge is 2.09. The predicted molar refractivity (Wildman–Crippen MR) is 45.6 cm³/mol. The second kappa shape index (κ2) is 3.53. The molecule has 0 spiro atoms.